The van der Waals surface area contributed by atoms with E-state index in [0.717, 1.165) is 25.7 Å². The van der Waals surface area contributed by atoms with Crippen molar-refractivity contribution in [3.63, 3.8) is 0 Å². The van der Waals surface area contributed by atoms with Crippen LogP contribution in [0.2, 0.25) is 0 Å². The Bertz CT molecular complexity index is 689. The molecule has 1 rings (SSSR count). The zero-order valence-corrected chi connectivity index (χ0v) is 19.5. The maximum absolute atomic E-state index is 12.7. The molecule has 7 N–H and O–H groups in total. The molecular formula is C20H37ClN6O4. The normalized spacial score (nSPS) is 11.9. The highest BCUT2D eigenvalue weighted by molar-refractivity contribution is 6.05. The molecule has 0 saturated heterocycles. The Hall–Kier alpha value is -2.17. The number of hydrogen-bond donors (Lipinski definition) is 5. The van der Waals surface area contributed by atoms with Gasteiger partial charge in [-0.25, -0.2) is 9.78 Å². The van der Waals surface area contributed by atoms with Crippen molar-refractivity contribution in [2.45, 2.75) is 70.9 Å². The largest absolute Gasteiger partial charge is 0.458 e. The van der Waals surface area contributed by atoms with Crippen LogP contribution in [0.25, 0.3) is 0 Å². The first-order valence-corrected chi connectivity index (χ1v) is 10.4. The minimum Gasteiger partial charge on any atom is -0.458 e. The molecule has 178 valence electrons. The lowest BCUT2D eigenvalue weighted by atomic mass is 10.1. The Kier molecular flexibility index (Phi) is 13.7. The lowest BCUT2D eigenvalue weighted by molar-refractivity contribution is -0.157. The molecule has 0 fully saturated rings. The number of nitrogens with zero attached hydrogens (tertiary/aromatic N) is 1. The number of hydrogen-bond acceptors (Lipinski definition) is 7. The number of ether oxygens (including phenoxy) is 1. The first-order valence-electron chi connectivity index (χ1n) is 10.4. The number of H-pyrrole nitrogens is 1. The van der Waals surface area contributed by atoms with E-state index in [-0.39, 0.29) is 23.8 Å². The van der Waals surface area contributed by atoms with E-state index in [1.807, 2.05) is 0 Å². The lowest BCUT2D eigenvalue weighted by Gasteiger charge is -2.24. The molecule has 0 aliphatic rings. The minimum atomic E-state index is -0.854. The Labute approximate surface area is 190 Å². The predicted molar refractivity (Wildman–Crippen MR) is 121 cm³/mol. The lowest BCUT2D eigenvalue weighted by Crippen LogP contribution is -2.44. The first kappa shape index (κ1) is 28.8. The molecule has 1 aromatic heterocycles. The number of rotatable bonds is 13. The number of imidazole rings is 1. The van der Waals surface area contributed by atoms with Gasteiger partial charge in [-0.05, 0) is 66.0 Å². The highest BCUT2D eigenvalue weighted by Gasteiger charge is 2.29. The summed E-state index contributed by atoms with van der Waals surface area (Å²) in [4.78, 5) is 44.3. The molecule has 0 aliphatic heterocycles. The fourth-order valence-electron chi connectivity index (χ4n) is 2.72. The third kappa shape index (κ3) is 11.1. The molecule has 1 aromatic rings. The van der Waals surface area contributed by atoms with Crippen molar-refractivity contribution in [3.05, 3.63) is 17.7 Å². The van der Waals surface area contributed by atoms with Crippen LogP contribution in [0.1, 0.15) is 80.3 Å². The van der Waals surface area contributed by atoms with E-state index in [1.54, 1.807) is 20.8 Å². The molecule has 0 saturated carbocycles. The number of nitrogens with two attached hydrogens (primary N) is 2. The summed E-state index contributed by atoms with van der Waals surface area (Å²) in [5, 5.41) is 5.40. The third-order valence-electron chi connectivity index (χ3n) is 4.19. The highest BCUT2D eigenvalue weighted by Crippen LogP contribution is 2.12. The van der Waals surface area contributed by atoms with Gasteiger partial charge in [0.2, 0.25) is 0 Å². The van der Waals surface area contributed by atoms with Gasteiger partial charge in [0.25, 0.3) is 11.8 Å². The molecule has 0 aromatic carbocycles. The topological polar surface area (TPSA) is 165 Å². The van der Waals surface area contributed by atoms with Gasteiger partial charge in [0.1, 0.15) is 17.3 Å². The van der Waals surface area contributed by atoms with Crippen LogP contribution in [0.5, 0.6) is 0 Å². The number of nitrogens with one attached hydrogen (secondary N) is 3. The number of carbonyl (C=O) groups excluding carboxylic acids is 3. The Morgan fingerprint density at radius 2 is 1.71 bits per heavy atom. The van der Waals surface area contributed by atoms with E-state index in [2.05, 4.69) is 20.6 Å². The number of esters is 1. The summed E-state index contributed by atoms with van der Waals surface area (Å²) >= 11 is 0. The summed E-state index contributed by atoms with van der Waals surface area (Å²) in [5.41, 5.74) is 10.3. The van der Waals surface area contributed by atoms with Crippen molar-refractivity contribution >= 4 is 30.2 Å². The van der Waals surface area contributed by atoms with E-state index in [4.69, 9.17) is 16.2 Å². The summed E-state index contributed by atoms with van der Waals surface area (Å²) in [7, 11) is 0. The SMILES string of the molecule is CC(C)(C)OC(=O)[C@H](CCCCN)NC(=O)c1nc[nH]c1C(=O)NCCCCCN.Cl. The van der Waals surface area contributed by atoms with Crippen molar-refractivity contribution in [2.24, 2.45) is 11.5 Å². The van der Waals surface area contributed by atoms with Crippen LogP contribution in [0.3, 0.4) is 0 Å². The van der Waals surface area contributed by atoms with Crippen LogP contribution in [0, 0.1) is 0 Å². The fraction of sp³-hybridized carbons (Fsp3) is 0.700. The summed E-state index contributed by atoms with van der Waals surface area (Å²) in [5.74, 6) is -1.58. The smallest absolute Gasteiger partial charge is 0.329 e. The van der Waals surface area contributed by atoms with Crippen molar-refractivity contribution in [1.29, 1.82) is 0 Å². The molecule has 31 heavy (non-hydrogen) atoms. The zero-order valence-electron chi connectivity index (χ0n) is 18.7. The Morgan fingerprint density at radius 1 is 1.06 bits per heavy atom. The number of halogens is 1. The number of amides is 2. The number of unbranched alkanes of at least 4 members (excludes halogenated alkanes) is 3. The monoisotopic (exact) mass is 460 g/mol. The second-order valence-electron chi connectivity index (χ2n) is 8.08. The van der Waals surface area contributed by atoms with Gasteiger partial charge in [0.05, 0.1) is 6.33 Å². The molecule has 1 atom stereocenters. The molecule has 0 radical (unpaired) electrons. The van der Waals surface area contributed by atoms with Crippen LogP contribution in [0.4, 0.5) is 0 Å². The molecular weight excluding hydrogens is 424 g/mol. The maximum Gasteiger partial charge on any atom is 0.329 e. The van der Waals surface area contributed by atoms with Crippen molar-refractivity contribution < 1.29 is 19.1 Å². The molecule has 10 nitrogen and oxygen atoms in total. The molecule has 0 unspecified atom stereocenters. The van der Waals surface area contributed by atoms with E-state index in [0.29, 0.717) is 32.5 Å². The summed E-state index contributed by atoms with van der Waals surface area (Å²) < 4.78 is 5.41. The van der Waals surface area contributed by atoms with Gasteiger partial charge >= 0.3 is 5.97 Å². The number of aromatic amines is 1. The maximum atomic E-state index is 12.7. The second kappa shape index (κ2) is 14.8. The number of carbonyl (C=O) groups is 3. The van der Waals surface area contributed by atoms with Gasteiger partial charge in [-0.3, -0.25) is 9.59 Å². The molecule has 0 bridgehead atoms. The Morgan fingerprint density at radius 3 is 2.32 bits per heavy atom. The highest BCUT2D eigenvalue weighted by atomic mass is 35.5. The van der Waals surface area contributed by atoms with Gasteiger partial charge in [-0.1, -0.05) is 6.42 Å². The summed E-state index contributed by atoms with van der Waals surface area (Å²) in [6.45, 7) is 6.85. The number of aromatic nitrogens is 2. The molecule has 0 aliphatic carbocycles. The van der Waals surface area contributed by atoms with Gasteiger partial charge in [-0.2, -0.15) is 0 Å². The summed E-state index contributed by atoms with van der Waals surface area (Å²) in [6, 6.07) is -0.854. The van der Waals surface area contributed by atoms with Crippen LogP contribution in [-0.2, 0) is 9.53 Å². The van der Waals surface area contributed by atoms with Crippen LogP contribution >= 0.6 is 12.4 Å². The average Bonchev–Trinajstić information content (AvgIpc) is 3.15. The average molecular weight is 461 g/mol. The first-order chi connectivity index (χ1) is 14.2. The van der Waals surface area contributed by atoms with E-state index >= 15 is 0 Å². The van der Waals surface area contributed by atoms with E-state index in [9.17, 15) is 14.4 Å². The fourth-order valence-corrected chi connectivity index (χ4v) is 2.72. The van der Waals surface area contributed by atoms with E-state index < -0.39 is 29.4 Å². The Balaban J connectivity index is 0.00000900. The predicted octanol–water partition coefficient (Wildman–Crippen LogP) is 1.26. The molecule has 1 heterocycles. The molecule has 0 spiro atoms. The zero-order chi connectivity index (χ0) is 22.6. The van der Waals surface area contributed by atoms with Gasteiger partial charge in [-0.15, -0.1) is 12.4 Å². The van der Waals surface area contributed by atoms with Crippen molar-refractivity contribution in [2.75, 3.05) is 19.6 Å². The third-order valence-corrected chi connectivity index (χ3v) is 4.19. The minimum absolute atomic E-state index is 0. The van der Waals surface area contributed by atoms with Crippen LogP contribution in [-0.4, -0.2) is 59.0 Å². The van der Waals surface area contributed by atoms with Crippen molar-refractivity contribution in [3.8, 4) is 0 Å². The van der Waals surface area contributed by atoms with Crippen molar-refractivity contribution in [1.82, 2.24) is 20.6 Å². The van der Waals surface area contributed by atoms with Gasteiger partial charge in [0, 0.05) is 6.54 Å². The van der Waals surface area contributed by atoms with Crippen LogP contribution < -0.4 is 22.1 Å². The second-order valence-corrected chi connectivity index (χ2v) is 8.08. The summed E-state index contributed by atoms with van der Waals surface area (Å²) in [6.07, 6.45) is 5.62. The molecule has 11 heteroatoms. The van der Waals surface area contributed by atoms with Gasteiger partial charge in [0.15, 0.2) is 5.69 Å². The quantitative estimate of drug-likeness (QED) is 0.218. The van der Waals surface area contributed by atoms with E-state index in [1.165, 1.54) is 6.33 Å². The van der Waals surface area contributed by atoms with Crippen LogP contribution in [0.15, 0.2) is 6.33 Å². The standard InChI is InChI=1S/C20H36N6O4.ClH/c1-20(2,3)30-19(29)14(9-5-7-11-22)26-18(28)16-15(24-13-25-16)17(27)23-12-8-4-6-10-21;/h13-14H,4-12,21-22H2,1-3H3,(H,23,27)(H,24,25)(H,26,28);1H/t14-;/m0./s1. The molecule has 2 amide bonds. The van der Waals surface area contributed by atoms with Gasteiger partial charge < -0.3 is 31.8 Å².